The molecule has 130 valence electrons. The summed E-state index contributed by atoms with van der Waals surface area (Å²) in [5.74, 6) is 1.06. The summed E-state index contributed by atoms with van der Waals surface area (Å²) in [7, 11) is -2.14. The molecule has 0 aliphatic rings. The number of hydrogen-bond acceptors (Lipinski definition) is 7. The number of ether oxygens (including phenoxy) is 2. The highest BCUT2D eigenvalue weighted by atomic mass is 32.2. The maximum atomic E-state index is 12.5. The van der Waals surface area contributed by atoms with Crippen molar-refractivity contribution in [3.8, 4) is 23.0 Å². The van der Waals surface area contributed by atoms with Crippen molar-refractivity contribution in [2.24, 2.45) is 0 Å². The zero-order chi connectivity index (χ0) is 18.0. The average Bonchev–Trinajstić information content (AvgIpc) is 2.56. The molecule has 7 nitrogen and oxygen atoms in total. The van der Waals surface area contributed by atoms with E-state index in [-0.39, 0.29) is 22.5 Å². The molecule has 0 spiro atoms. The van der Waals surface area contributed by atoms with Gasteiger partial charge in [0.25, 0.3) is 0 Å². The SMILES string of the molecule is COc1cccc(Oc2coc3cc(OS(C)(=O)=O)ccc3c2=O)c1. The molecule has 3 rings (SSSR count). The van der Waals surface area contributed by atoms with Gasteiger partial charge in [-0.2, -0.15) is 8.42 Å². The Morgan fingerprint density at radius 3 is 2.48 bits per heavy atom. The van der Waals surface area contributed by atoms with Gasteiger partial charge in [-0.25, -0.2) is 0 Å². The first kappa shape index (κ1) is 16.8. The summed E-state index contributed by atoms with van der Waals surface area (Å²) in [4.78, 5) is 12.5. The fourth-order valence-corrected chi connectivity index (χ4v) is 2.63. The molecule has 0 fully saturated rings. The van der Waals surface area contributed by atoms with E-state index in [0.29, 0.717) is 11.5 Å². The highest BCUT2D eigenvalue weighted by Gasteiger charge is 2.12. The van der Waals surface area contributed by atoms with E-state index in [2.05, 4.69) is 0 Å². The number of fused-ring (bicyclic) bond motifs is 1. The van der Waals surface area contributed by atoms with E-state index in [9.17, 15) is 13.2 Å². The Kier molecular flexibility index (Phi) is 4.37. The summed E-state index contributed by atoms with van der Waals surface area (Å²) >= 11 is 0. The van der Waals surface area contributed by atoms with Gasteiger partial charge in [0.2, 0.25) is 11.2 Å². The standard InChI is InChI=1S/C17H14O7S/c1-21-11-4-3-5-12(8-11)23-16-10-22-15-9-13(24-25(2,19)20)6-7-14(15)17(16)18/h3-10H,1-2H3. The van der Waals surface area contributed by atoms with Gasteiger partial charge in [0.05, 0.1) is 18.8 Å². The van der Waals surface area contributed by atoms with Crippen LogP contribution in [0, 0.1) is 0 Å². The van der Waals surface area contributed by atoms with Crippen molar-refractivity contribution >= 4 is 21.1 Å². The number of methoxy groups -OCH3 is 1. The minimum atomic E-state index is -3.67. The van der Waals surface area contributed by atoms with Gasteiger partial charge in [-0.15, -0.1) is 0 Å². The molecule has 0 bridgehead atoms. The van der Waals surface area contributed by atoms with Crippen LogP contribution >= 0.6 is 0 Å². The lowest BCUT2D eigenvalue weighted by atomic mass is 10.2. The molecule has 1 heterocycles. The molecule has 0 unspecified atom stereocenters. The molecular weight excluding hydrogens is 348 g/mol. The third kappa shape index (κ3) is 3.92. The Bertz CT molecular complexity index is 1080. The first-order chi connectivity index (χ1) is 11.9. The smallest absolute Gasteiger partial charge is 0.306 e. The first-order valence-electron chi connectivity index (χ1n) is 7.13. The molecule has 2 aromatic carbocycles. The van der Waals surface area contributed by atoms with E-state index in [1.807, 2.05) is 0 Å². The van der Waals surface area contributed by atoms with Gasteiger partial charge in [-0.05, 0) is 24.3 Å². The molecule has 3 aromatic rings. The van der Waals surface area contributed by atoms with Crippen LogP contribution in [0.1, 0.15) is 0 Å². The third-order valence-corrected chi connectivity index (χ3v) is 3.73. The van der Waals surface area contributed by atoms with Gasteiger partial charge in [0, 0.05) is 12.1 Å². The third-order valence-electron chi connectivity index (χ3n) is 3.23. The van der Waals surface area contributed by atoms with Crippen molar-refractivity contribution in [1.82, 2.24) is 0 Å². The molecule has 0 aliphatic carbocycles. The van der Waals surface area contributed by atoms with Crippen LogP contribution in [0.25, 0.3) is 11.0 Å². The second kappa shape index (κ2) is 6.48. The van der Waals surface area contributed by atoms with E-state index in [0.717, 1.165) is 12.5 Å². The van der Waals surface area contributed by atoms with Crippen LogP contribution in [0.4, 0.5) is 0 Å². The molecule has 0 amide bonds. The van der Waals surface area contributed by atoms with Crippen LogP contribution in [0.5, 0.6) is 23.0 Å². The van der Waals surface area contributed by atoms with Crippen molar-refractivity contribution in [3.63, 3.8) is 0 Å². The number of rotatable bonds is 5. The molecule has 0 N–H and O–H groups in total. The van der Waals surface area contributed by atoms with E-state index in [1.54, 1.807) is 24.3 Å². The summed E-state index contributed by atoms with van der Waals surface area (Å²) < 4.78 is 43.1. The van der Waals surface area contributed by atoms with Crippen molar-refractivity contribution in [1.29, 1.82) is 0 Å². The molecule has 0 atom stereocenters. The topological polar surface area (TPSA) is 92.0 Å². The van der Waals surface area contributed by atoms with E-state index >= 15 is 0 Å². The number of hydrogen-bond donors (Lipinski definition) is 0. The molecule has 1 aromatic heterocycles. The highest BCUT2D eigenvalue weighted by molar-refractivity contribution is 7.86. The summed E-state index contributed by atoms with van der Waals surface area (Å²) in [6, 6.07) is 10.9. The van der Waals surface area contributed by atoms with Crippen LogP contribution in [0.3, 0.4) is 0 Å². The summed E-state index contributed by atoms with van der Waals surface area (Å²) in [5, 5.41) is 0.237. The van der Waals surface area contributed by atoms with Crippen LogP contribution < -0.4 is 19.1 Å². The molecule has 0 aliphatic heterocycles. The molecular formula is C17H14O7S. The van der Waals surface area contributed by atoms with Gasteiger partial charge in [-0.3, -0.25) is 4.79 Å². The van der Waals surface area contributed by atoms with Crippen molar-refractivity contribution in [2.75, 3.05) is 13.4 Å². The summed E-state index contributed by atoms with van der Waals surface area (Å²) in [6.07, 6.45) is 2.09. The zero-order valence-corrected chi connectivity index (χ0v) is 14.2. The highest BCUT2D eigenvalue weighted by Crippen LogP contribution is 2.26. The lowest BCUT2D eigenvalue weighted by Crippen LogP contribution is -2.07. The maximum Gasteiger partial charge on any atom is 0.306 e. The van der Waals surface area contributed by atoms with E-state index in [4.69, 9.17) is 18.1 Å². The lowest BCUT2D eigenvalue weighted by molar-refractivity contribution is 0.406. The van der Waals surface area contributed by atoms with E-state index in [1.165, 1.54) is 25.3 Å². The quantitative estimate of drug-likeness (QED) is 0.644. The van der Waals surface area contributed by atoms with Crippen LogP contribution in [0.15, 0.2) is 57.9 Å². The second-order valence-corrected chi connectivity index (χ2v) is 6.73. The number of benzene rings is 2. The van der Waals surface area contributed by atoms with Crippen molar-refractivity contribution in [2.45, 2.75) is 0 Å². The van der Waals surface area contributed by atoms with Gasteiger partial charge in [-0.1, -0.05) is 6.07 Å². The lowest BCUT2D eigenvalue weighted by Gasteiger charge is -2.08. The molecule has 8 heteroatoms. The Hall–Kier alpha value is -3.00. The first-order valence-corrected chi connectivity index (χ1v) is 8.94. The van der Waals surface area contributed by atoms with Gasteiger partial charge in [0.15, 0.2) is 0 Å². The van der Waals surface area contributed by atoms with Crippen LogP contribution in [-0.2, 0) is 10.1 Å². The largest absolute Gasteiger partial charge is 0.497 e. The van der Waals surface area contributed by atoms with Crippen LogP contribution in [0.2, 0.25) is 0 Å². The van der Waals surface area contributed by atoms with Crippen LogP contribution in [-0.4, -0.2) is 21.8 Å². The monoisotopic (exact) mass is 362 g/mol. The summed E-state index contributed by atoms with van der Waals surface area (Å²) in [6.45, 7) is 0. The molecule has 0 saturated heterocycles. The Morgan fingerprint density at radius 1 is 1.00 bits per heavy atom. The summed E-state index contributed by atoms with van der Waals surface area (Å²) in [5.41, 5.74) is -0.209. The predicted octanol–water partition coefficient (Wildman–Crippen LogP) is 2.93. The Labute approximate surface area is 143 Å². The fourth-order valence-electron chi connectivity index (χ4n) is 2.18. The molecule has 0 radical (unpaired) electrons. The maximum absolute atomic E-state index is 12.5. The minimum Gasteiger partial charge on any atom is -0.497 e. The zero-order valence-electron chi connectivity index (χ0n) is 13.4. The second-order valence-electron chi connectivity index (χ2n) is 5.16. The predicted molar refractivity (Wildman–Crippen MR) is 91.0 cm³/mol. The van der Waals surface area contributed by atoms with Crippen molar-refractivity contribution in [3.05, 3.63) is 59.0 Å². The Balaban J connectivity index is 1.97. The average molecular weight is 362 g/mol. The molecule has 0 saturated carbocycles. The van der Waals surface area contributed by atoms with E-state index < -0.39 is 15.5 Å². The minimum absolute atomic E-state index is 0.00228. The Morgan fingerprint density at radius 2 is 1.76 bits per heavy atom. The van der Waals surface area contributed by atoms with Gasteiger partial charge >= 0.3 is 10.1 Å². The van der Waals surface area contributed by atoms with Gasteiger partial charge < -0.3 is 18.1 Å². The molecule has 25 heavy (non-hydrogen) atoms. The fraction of sp³-hybridized carbons (Fsp3) is 0.118. The van der Waals surface area contributed by atoms with Gasteiger partial charge in [0.1, 0.15) is 29.1 Å². The normalized spacial score (nSPS) is 11.3. The van der Waals surface area contributed by atoms with Crippen molar-refractivity contribution < 1.29 is 26.5 Å².